The normalized spacial score (nSPS) is 15.0. The molecule has 0 unspecified atom stereocenters. The Bertz CT molecular complexity index is 3890. The maximum Gasteiger partial charge on any atom is 0.0713 e. The van der Waals surface area contributed by atoms with Gasteiger partial charge in [-0.15, -0.1) is 0 Å². The minimum atomic E-state index is -0.554. The van der Waals surface area contributed by atoms with Crippen molar-refractivity contribution in [2.75, 3.05) is 4.90 Å². The van der Waals surface area contributed by atoms with Crippen molar-refractivity contribution in [3.63, 3.8) is 0 Å². The molecule has 3 aliphatic carbocycles. The summed E-state index contributed by atoms with van der Waals surface area (Å²) >= 11 is 0. The van der Waals surface area contributed by atoms with Gasteiger partial charge in [-0.25, -0.2) is 0 Å². The zero-order chi connectivity index (χ0) is 52.5. The van der Waals surface area contributed by atoms with Crippen molar-refractivity contribution in [2.45, 2.75) is 96.3 Å². The zero-order valence-corrected chi connectivity index (χ0v) is 45.8. The molecule has 372 valence electrons. The topological polar surface area (TPSA) is 3.24 Å². The van der Waals surface area contributed by atoms with E-state index in [2.05, 4.69) is 299 Å². The van der Waals surface area contributed by atoms with Gasteiger partial charge >= 0.3 is 0 Å². The Morgan fingerprint density at radius 3 is 1.45 bits per heavy atom. The van der Waals surface area contributed by atoms with E-state index in [0.717, 1.165) is 17.1 Å². The fourth-order valence-corrected chi connectivity index (χ4v) is 13.6. The van der Waals surface area contributed by atoms with E-state index in [4.69, 9.17) is 0 Å². The standard InChI is InChI=1S/C75H67N/c1-71(2,3)52-37-41-61-67(45-52)75(50-24-13-11-14-25-50,51-26-15-12-16-27-51)68-46-53(72(4,5)6)44-62(70(61)68)49-23-21-28-55(43-49)76(56-40-42-59-58-29-17-19-32-63(58)74(9,10)66(59)47-56)54-38-35-48(36-39-54)57-31-22-34-65-69(57)60-30-18-20-33-64(60)73(65,7)8/h11-47H,1-10H3. The van der Waals surface area contributed by atoms with E-state index in [1.54, 1.807) is 0 Å². The minimum absolute atomic E-state index is 0.0443. The van der Waals surface area contributed by atoms with Crippen molar-refractivity contribution in [1.82, 2.24) is 0 Å². The number of fused-ring (bicyclic) bond motifs is 9. The van der Waals surface area contributed by atoms with Crippen LogP contribution in [0.15, 0.2) is 224 Å². The first kappa shape index (κ1) is 47.7. The molecule has 0 heterocycles. The Labute approximate surface area is 451 Å². The summed E-state index contributed by atoms with van der Waals surface area (Å²) in [6.07, 6.45) is 0. The van der Waals surface area contributed by atoms with Gasteiger partial charge in [-0.05, 0) is 165 Å². The van der Waals surface area contributed by atoms with Crippen LogP contribution in [0.1, 0.15) is 125 Å². The van der Waals surface area contributed by atoms with Gasteiger partial charge in [0.05, 0.1) is 5.41 Å². The van der Waals surface area contributed by atoms with Crippen LogP contribution < -0.4 is 4.90 Å². The monoisotopic (exact) mass is 982 g/mol. The molecule has 0 atom stereocenters. The summed E-state index contributed by atoms with van der Waals surface area (Å²) in [5.74, 6) is 0. The molecule has 0 spiro atoms. The van der Waals surface area contributed by atoms with Crippen molar-refractivity contribution >= 4 is 17.1 Å². The summed E-state index contributed by atoms with van der Waals surface area (Å²) in [6, 6.07) is 85.8. The van der Waals surface area contributed by atoms with Crippen molar-refractivity contribution in [3.8, 4) is 55.6 Å². The molecule has 1 nitrogen and oxygen atoms in total. The third-order valence-corrected chi connectivity index (χ3v) is 17.7. The van der Waals surface area contributed by atoms with E-state index in [9.17, 15) is 0 Å². The number of hydrogen-bond acceptors (Lipinski definition) is 1. The van der Waals surface area contributed by atoms with Crippen LogP contribution in [-0.4, -0.2) is 0 Å². The lowest BCUT2D eigenvalue weighted by Gasteiger charge is -2.35. The SMILES string of the molecule is CC(C)(C)c1ccc2c(c1)C(c1ccccc1)(c1ccccc1)c1cc(C(C)(C)C)cc(-c3cccc(N(c4ccc(-c5cccc6c5-c5ccccc5C6(C)C)cc4)c4ccc5c(c4)C(C)(C)c4ccccc4-5)c3)c1-2. The molecule has 0 fully saturated rings. The number of rotatable bonds is 7. The molecule has 3 aliphatic rings. The van der Waals surface area contributed by atoms with Crippen LogP contribution in [-0.2, 0) is 27.1 Å². The van der Waals surface area contributed by atoms with Crippen LogP contribution in [0.2, 0.25) is 0 Å². The predicted octanol–water partition coefficient (Wildman–Crippen LogP) is 20.1. The Balaban J connectivity index is 1.03. The van der Waals surface area contributed by atoms with E-state index < -0.39 is 5.41 Å². The first-order valence-corrected chi connectivity index (χ1v) is 27.4. The maximum atomic E-state index is 2.55. The lowest BCUT2D eigenvalue weighted by Crippen LogP contribution is -2.29. The van der Waals surface area contributed by atoms with E-state index in [-0.39, 0.29) is 21.7 Å². The Morgan fingerprint density at radius 1 is 0.289 bits per heavy atom. The molecule has 0 saturated heterocycles. The second-order valence-electron chi connectivity index (χ2n) is 24.9. The molecule has 10 aromatic rings. The summed E-state index contributed by atoms with van der Waals surface area (Å²) in [5, 5.41) is 0. The quantitative estimate of drug-likeness (QED) is 0.154. The molecule has 0 bridgehead atoms. The smallest absolute Gasteiger partial charge is 0.0713 e. The molecule has 0 amide bonds. The van der Waals surface area contributed by atoms with Crippen molar-refractivity contribution in [1.29, 1.82) is 0 Å². The molecule has 76 heavy (non-hydrogen) atoms. The molecular weight excluding hydrogens is 915 g/mol. The maximum absolute atomic E-state index is 2.55. The van der Waals surface area contributed by atoms with Crippen LogP contribution in [0.5, 0.6) is 0 Å². The summed E-state index contributed by atoms with van der Waals surface area (Å²) in [7, 11) is 0. The average molecular weight is 982 g/mol. The van der Waals surface area contributed by atoms with Gasteiger partial charge < -0.3 is 4.90 Å². The van der Waals surface area contributed by atoms with E-state index in [0.29, 0.717) is 0 Å². The van der Waals surface area contributed by atoms with Gasteiger partial charge in [-0.1, -0.05) is 251 Å². The second kappa shape index (κ2) is 17.0. The third kappa shape index (κ3) is 7.11. The van der Waals surface area contributed by atoms with E-state index >= 15 is 0 Å². The number of anilines is 3. The first-order chi connectivity index (χ1) is 36.5. The highest BCUT2D eigenvalue weighted by molar-refractivity contribution is 5.98. The van der Waals surface area contributed by atoms with Crippen molar-refractivity contribution in [2.24, 2.45) is 0 Å². The number of hydrogen-bond donors (Lipinski definition) is 0. The third-order valence-electron chi connectivity index (χ3n) is 17.7. The van der Waals surface area contributed by atoms with Gasteiger partial charge in [-0.2, -0.15) is 0 Å². The molecule has 0 aromatic heterocycles. The lowest BCUT2D eigenvalue weighted by atomic mass is 9.66. The fraction of sp³-hybridized carbons (Fsp3) is 0.200. The highest BCUT2D eigenvalue weighted by Gasteiger charge is 2.48. The summed E-state index contributed by atoms with van der Waals surface area (Å²) in [4.78, 5) is 2.50. The summed E-state index contributed by atoms with van der Waals surface area (Å²) in [5.41, 5.74) is 28.7. The van der Waals surface area contributed by atoms with Crippen LogP contribution in [0, 0.1) is 0 Å². The van der Waals surface area contributed by atoms with Gasteiger partial charge in [0.2, 0.25) is 0 Å². The van der Waals surface area contributed by atoms with Crippen LogP contribution in [0.4, 0.5) is 17.1 Å². The molecule has 0 radical (unpaired) electrons. The van der Waals surface area contributed by atoms with Gasteiger partial charge in [0.25, 0.3) is 0 Å². The van der Waals surface area contributed by atoms with Crippen LogP contribution in [0.3, 0.4) is 0 Å². The highest BCUT2D eigenvalue weighted by atomic mass is 15.1. The Hall–Kier alpha value is -8.00. The van der Waals surface area contributed by atoms with Gasteiger partial charge in [0.1, 0.15) is 0 Å². The molecular formula is C75H67N. The minimum Gasteiger partial charge on any atom is -0.310 e. The lowest BCUT2D eigenvalue weighted by molar-refractivity contribution is 0.586. The summed E-state index contributed by atoms with van der Waals surface area (Å²) in [6.45, 7) is 23.6. The molecule has 1 heteroatoms. The second-order valence-corrected chi connectivity index (χ2v) is 24.9. The van der Waals surface area contributed by atoms with Crippen LogP contribution in [0.25, 0.3) is 55.6 Å². The van der Waals surface area contributed by atoms with Crippen molar-refractivity contribution < 1.29 is 0 Å². The zero-order valence-electron chi connectivity index (χ0n) is 45.8. The van der Waals surface area contributed by atoms with Gasteiger partial charge in [0.15, 0.2) is 0 Å². The average Bonchev–Trinajstić information content (AvgIpc) is 4.00. The molecule has 0 N–H and O–H groups in total. The molecule has 13 rings (SSSR count). The van der Waals surface area contributed by atoms with E-state index in [1.807, 2.05) is 0 Å². The van der Waals surface area contributed by atoms with Gasteiger partial charge in [-0.3, -0.25) is 0 Å². The van der Waals surface area contributed by atoms with E-state index in [1.165, 1.54) is 111 Å². The highest BCUT2D eigenvalue weighted by Crippen LogP contribution is 2.60. The van der Waals surface area contributed by atoms with Gasteiger partial charge in [0, 0.05) is 27.9 Å². The van der Waals surface area contributed by atoms with Crippen molar-refractivity contribution in [3.05, 3.63) is 280 Å². The number of benzene rings is 10. The fourth-order valence-electron chi connectivity index (χ4n) is 13.6. The number of nitrogens with zero attached hydrogens (tertiary/aromatic N) is 1. The summed E-state index contributed by atoms with van der Waals surface area (Å²) < 4.78 is 0. The first-order valence-electron chi connectivity index (χ1n) is 27.4. The molecule has 0 saturated carbocycles. The molecule has 10 aromatic carbocycles. The van der Waals surface area contributed by atoms with Crippen LogP contribution >= 0.6 is 0 Å². The predicted molar refractivity (Wildman–Crippen MR) is 322 cm³/mol. The largest absolute Gasteiger partial charge is 0.310 e. The molecule has 0 aliphatic heterocycles. The Kier molecular flexibility index (Phi) is 10.7. The Morgan fingerprint density at radius 2 is 0.776 bits per heavy atom.